The van der Waals surface area contributed by atoms with Gasteiger partial charge in [-0.05, 0) is 120 Å². The van der Waals surface area contributed by atoms with Crippen LogP contribution in [0.25, 0.3) is 0 Å². The maximum atomic E-state index is 2.74. The highest BCUT2D eigenvalue weighted by Gasteiger charge is 2.62. The van der Waals surface area contributed by atoms with Crippen molar-refractivity contribution in [2.45, 2.75) is 119 Å². The summed E-state index contributed by atoms with van der Waals surface area (Å²) >= 11 is 0. The first-order valence-electron chi connectivity index (χ1n) is 15.4. The Kier molecular flexibility index (Phi) is 6.80. The molecule has 0 saturated heterocycles. The van der Waals surface area contributed by atoms with Gasteiger partial charge in [0.25, 0.3) is 0 Å². The molecule has 4 fully saturated rings. The predicted molar refractivity (Wildman–Crippen MR) is 151 cm³/mol. The Bertz CT molecular complexity index is 842. The van der Waals surface area contributed by atoms with Crippen LogP contribution < -0.4 is 0 Å². The Morgan fingerprint density at radius 1 is 0.571 bits per heavy atom. The molecule has 1 aromatic carbocycles. The number of hydrogen-bond donors (Lipinski definition) is 0. The van der Waals surface area contributed by atoms with Gasteiger partial charge >= 0.3 is 0 Å². The molecule has 0 bridgehead atoms. The number of rotatable bonds is 3. The van der Waals surface area contributed by atoms with E-state index in [1.807, 2.05) is 0 Å². The molecule has 0 heteroatoms. The van der Waals surface area contributed by atoms with Crippen LogP contribution in [-0.2, 0) is 0 Å². The molecule has 8 unspecified atom stereocenters. The van der Waals surface area contributed by atoms with E-state index in [9.17, 15) is 0 Å². The Morgan fingerprint density at radius 2 is 1.17 bits per heavy atom. The molecule has 0 radical (unpaired) electrons. The molecular weight excluding hydrogens is 420 g/mol. The van der Waals surface area contributed by atoms with Crippen LogP contribution in [-0.4, -0.2) is 0 Å². The molecule has 0 amide bonds. The van der Waals surface area contributed by atoms with Gasteiger partial charge in [-0.25, -0.2) is 0 Å². The summed E-state index contributed by atoms with van der Waals surface area (Å²) in [6.07, 6.45) is 13.3. The van der Waals surface area contributed by atoms with E-state index < -0.39 is 0 Å². The molecule has 8 atom stereocenters. The second-order valence-electron chi connectivity index (χ2n) is 16.3. The molecule has 0 aliphatic heterocycles. The fourth-order valence-corrected chi connectivity index (χ4v) is 10.4. The largest absolute Gasteiger partial charge is 0.0622 e. The Hall–Kier alpha value is -0.780. The van der Waals surface area contributed by atoms with Gasteiger partial charge in [-0.15, -0.1) is 0 Å². The van der Waals surface area contributed by atoms with Crippen LogP contribution in [0.1, 0.15) is 125 Å². The molecular formula is C35H56. The van der Waals surface area contributed by atoms with Crippen molar-refractivity contribution in [1.29, 1.82) is 0 Å². The van der Waals surface area contributed by atoms with Crippen molar-refractivity contribution in [3.05, 3.63) is 35.9 Å². The zero-order valence-electron chi connectivity index (χ0n) is 24.4. The van der Waals surface area contributed by atoms with Gasteiger partial charge in [0.05, 0.1) is 0 Å². The average molecular weight is 477 g/mol. The molecule has 0 nitrogen and oxygen atoms in total. The van der Waals surface area contributed by atoms with Crippen LogP contribution in [0.3, 0.4) is 0 Å². The first-order valence-corrected chi connectivity index (χ1v) is 15.4. The van der Waals surface area contributed by atoms with Gasteiger partial charge in [-0.2, -0.15) is 0 Å². The number of fused-ring (bicyclic) bond motifs is 3. The summed E-state index contributed by atoms with van der Waals surface area (Å²) in [5.74, 6) is 8.11. The minimum Gasteiger partial charge on any atom is -0.0622 e. The number of benzene rings is 1. The van der Waals surface area contributed by atoms with Crippen molar-refractivity contribution in [2.75, 3.05) is 0 Å². The molecule has 1 aromatic rings. The number of hydrogen-bond acceptors (Lipinski definition) is 0. The minimum absolute atomic E-state index is 0.405. The van der Waals surface area contributed by atoms with E-state index >= 15 is 0 Å². The van der Waals surface area contributed by atoms with Crippen molar-refractivity contribution >= 4 is 0 Å². The zero-order valence-corrected chi connectivity index (χ0v) is 24.4. The SMILES string of the molecule is CC(C)(C)C1CCC2C(C1)C(C(C)(C)C1CCCC1)C1CC(C(C)(C)C)CC(c3ccccc3)C21. The van der Waals surface area contributed by atoms with Crippen molar-refractivity contribution < 1.29 is 0 Å². The molecule has 0 N–H and O–H groups in total. The van der Waals surface area contributed by atoms with Gasteiger partial charge < -0.3 is 0 Å². The molecule has 196 valence electrons. The van der Waals surface area contributed by atoms with E-state index in [2.05, 4.69) is 85.7 Å². The molecule has 0 heterocycles. The third-order valence-electron chi connectivity index (χ3n) is 12.4. The van der Waals surface area contributed by atoms with Crippen LogP contribution in [0.15, 0.2) is 30.3 Å². The van der Waals surface area contributed by atoms with Gasteiger partial charge in [0.2, 0.25) is 0 Å². The molecule has 4 saturated carbocycles. The quantitative estimate of drug-likeness (QED) is 0.407. The van der Waals surface area contributed by atoms with Crippen LogP contribution in [0.2, 0.25) is 0 Å². The fourth-order valence-electron chi connectivity index (χ4n) is 10.4. The lowest BCUT2D eigenvalue weighted by Crippen LogP contribution is -2.43. The molecule has 35 heavy (non-hydrogen) atoms. The molecule has 4 aliphatic carbocycles. The van der Waals surface area contributed by atoms with Gasteiger partial charge in [0, 0.05) is 0 Å². The fraction of sp³-hybridized carbons (Fsp3) is 0.829. The maximum Gasteiger partial charge on any atom is -0.0125 e. The van der Waals surface area contributed by atoms with Crippen molar-refractivity contribution in [1.82, 2.24) is 0 Å². The van der Waals surface area contributed by atoms with Gasteiger partial charge in [-0.3, -0.25) is 0 Å². The lowest BCUT2D eigenvalue weighted by atomic mass is 9.55. The summed E-state index contributed by atoms with van der Waals surface area (Å²) in [5, 5.41) is 0. The van der Waals surface area contributed by atoms with E-state index in [1.165, 1.54) is 57.8 Å². The topological polar surface area (TPSA) is 0 Å². The predicted octanol–water partition coefficient (Wildman–Crippen LogP) is 10.4. The molecule has 5 rings (SSSR count). The van der Waals surface area contributed by atoms with Crippen molar-refractivity contribution in [2.24, 2.45) is 63.6 Å². The third-order valence-corrected chi connectivity index (χ3v) is 12.4. The minimum atomic E-state index is 0.405. The Balaban J connectivity index is 1.59. The summed E-state index contributed by atoms with van der Waals surface area (Å²) in [7, 11) is 0. The zero-order chi connectivity index (χ0) is 25.2. The first-order chi connectivity index (χ1) is 16.4. The molecule has 0 spiro atoms. The molecule has 4 aliphatic rings. The average Bonchev–Trinajstić information content (AvgIpc) is 3.44. The summed E-state index contributed by atoms with van der Waals surface area (Å²) in [5.41, 5.74) is 3.00. The highest BCUT2D eigenvalue weighted by molar-refractivity contribution is 5.25. The monoisotopic (exact) mass is 476 g/mol. The normalized spacial score (nSPS) is 38.9. The first kappa shape index (κ1) is 25.9. The third kappa shape index (κ3) is 4.68. The van der Waals surface area contributed by atoms with E-state index in [-0.39, 0.29) is 0 Å². The van der Waals surface area contributed by atoms with E-state index in [4.69, 9.17) is 0 Å². The van der Waals surface area contributed by atoms with Crippen LogP contribution in [0.4, 0.5) is 0 Å². The summed E-state index contributed by atoms with van der Waals surface area (Å²) in [4.78, 5) is 0. The summed E-state index contributed by atoms with van der Waals surface area (Å²) in [6, 6.07) is 11.8. The highest BCUT2D eigenvalue weighted by Crippen LogP contribution is 2.69. The van der Waals surface area contributed by atoms with Crippen LogP contribution in [0.5, 0.6) is 0 Å². The van der Waals surface area contributed by atoms with Gasteiger partial charge in [-0.1, -0.05) is 98.6 Å². The summed E-state index contributed by atoms with van der Waals surface area (Å²) in [6.45, 7) is 20.7. The lowest BCUT2D eigenvalue weighted by molar-refractivity contribution is -0.00347. The standard InChI is InChI=1S/C35H56/c1-33(2,3)25-18-19-27-29(20-25)32(35(7,8)24-16-12-13-17-24)30-22-26(34(4,5)6)21-28(31(27)30)23-14-10-9-11-15-23/h9-11,14-15,24-32H,12-13,16-22H2,1-8H3. The second kappa shape index (κ2) is 9.20. The lowest BCUT2D eigenvalue weighted by Gasteiger charge is -2.50. The van der Waals surface area contributed by atoms with E-state index in [1.54, 1.807) is 5.56 Å². The van der Waals surface area contributed by atoms with Crippen LogP contribution in [0, 0.1) is 63.6 Å². The highest BCUT2D eigenvalue weighted by atomic mass is 14.7. The Morgan fingerprint density at radius 3 is 1.77 bits per heavy atom. The van der Waals surface area contributed by atoms with E-state index in [0.717, 1.165) is 53.3 Å². The van der Waals surface area contributed by atoms with Crippen molar-refractivity contribution in [3.8, 4) is 0 Å². The molecule has 0 aromatic heterocycles. The van der Waals surface area contributed by atoms with Gasteiger partial charge in [0.1, 0.15) is 0 Å². The second-order valence-corrected chi connectivity index (χ2v) is 16.3. The maximum absolute atomic E-state index is 2.74. The van der Waals surface area contributed by atoms with Gasteiger partial charge in [0.15, 0.2) is 0 Å². The smallest absolute Gasteiger partial charge is 0.0125 e. The van der Waals surface area contributed by atoms with E-state index in [0.29, 0.717) is 16.2 Å². The Labute approximate surface area is 218 Å². The van der Waals surface area contributed by atoms with Crippen LogP contribution >= 0.6 is 0 Å². The van der Waals surface area contributed by atoms with Crippen molar-refractivity contribution in [3.63, 3.8) is 0 Å². The summed E-state index contributed by atoms with van der Waals surface area (Å²) < 4.78 is 0.